The zero-order valence-corrected chi connectivity index (χ0v) is 11.1. The van der Waals surface area contributed by atoms with Gasteiger partial charge in [-0.25, -0.2) is 4.79 Å². The molecule has 0 aromatic carbocycles. The summed E-state index contributed by atoms with van der Waals surface area (Å²) in [5.41, 5.74) is 1.40. The molecule has 1 atom stereocenters. The maximum absolute atomic E-state index is 12.1. The summed E-state index contributed by atoms with van der Waals surface area (Å²) in [5.74, 6) is -1.30. The number of carboxylic acid groups (broad SMARTS) is 1. The molecule has 0 aliphatic carbocycles. The normalized spacial score (nSPS) is 19.3. The van der Waals surface area contributed by atoms with Crippen LogP contribution < -0.4 is 5.32 Å². The van der Waals surface area contributed by atoms with Gasteiger partial charge < -0.3 is 15.3 Å². The third-order valence-electron chi connectivity index (χ3n) is 3.31. The highest BCUT2D eigenvalue weighted by Gasteiger charge is 2.28. The van der Waals surface area contributed by atoms with Crippen molar-refractivity contribution in [1.82, 2.24) is 14.7 Å². The Balaban J connectivity index is 2.00. The summed E-state index contributed by atoms with van der Waals surface area (Å²) in [5, 5.41) is 15.9. The van der Waals surface area contributed by atoms with E-state index in [0.717, 1.165) is 12.1 Å². The molecule has 2 rings (SSSR count). The van der Waals surface area contributed by atoms with Crippen molar-refractivity contribution >= 4 is 17.7 Å². The summed E-state index contributed by atoms with van der Waals surface area (Å²) >= 11 is 0. The van der Waals surface area contributed by atoms with Crippen LogP contribution in [0.1, 0.15) is 18.5 Å². The predicted octanol–water partition coefficient (Wildman–Crippen LogP) is 1.06. The molecule has 2 heterocycles. The van der Waals surface area contributed by atoms with Gasteiger partial charge in [-0.3, -0.25) is 9.48 Å². The first kappa shape index (κ1) is 13.4. The summed E-state index contributed by atoms with van der Waals surface area (Å²) < 4.78 is 1.63. The molecule has 19 heavy (non-hydrogen) atoms. The number of aryl methyl sites for hydroxylation is 2. The number of carboxylic acids is 1. The molecule has 104 valence electrons. The number of carbonyl (C=O) groups excluding carboxylic acids is 1. The number of anilines is 1. The second-order valence-electron chi connectivity index (χ2n) is 4.86. The first-order valence-corrected chi connectivity index (χ1v) is 6.26. The lowest BCUT2D eigenvalue weighted by Crippen LogP contribution is -2.44. The summed E-state index contributed by atoms with van der Waals surface area (Å²) in [6, 6.07) is -0.262. The minimum atomic E-state index is -0.838. The summed E-state index contributed by atoms with van der Waals surface area (Å²) in [6.07, 6.45) is 3.08. The molecule has 1 aromatic heterocycles. The van der Waals surface area contributed by atoms with Crippen LogP contribution in [0.15, 0.2) is 6.20 Å². The van der Waals surface area contributed by atoms with E-state index in [4.69, 9.17) is 5.11 Å². The summed E-state index contributed by atoms with van der Waals surface area (Å²) in [6.45, 7) is 2.67. The van der Waals surface area contributed by atoms with Gasteiger partial charge in [0.25, 0.3) is 0 Å². The molecule has 1 saturated heterocycles. The van der Waals surface area contributed by atoms with E-state index in [9.17, 15) is 9.59 Å². The highest BCUT2D eigenvalue weighted by molar-refractivity contribution is 5.90. The Morgan fingerprint density at radius 2 is 2.26 bits per heavy atom. The predicted molar refractivity (Wildman–Crippen MR) is 68.9 cm³/mol. The van der Waals surface area contributed by atoms with Crippen molar-refractivity contribution in [3.8, 4) is 0 Å². The molecule has 0 spiro atoms. The maximum atomic E-state index is 12.1. The molecule has 2 N–H and O–H groups in total. The van der Waals surface area contributed by atoms with Crippen LogP contribution in [-0.2, 0) is 11.8 Å². The van der Waals surface area contributed by atoms with Crippen molar-refractivity contribution in [3.63, 3.8) is 0 Å². The van der Waals surface area contributed by atoms with Gasteiger partial charge in [-0.15, -0.1) is 0 Å². The average Bonchev–Trinajstić information content (AvgIpc) is 2.68. The van der Waals surface area contributed by atoms with Crippen molar-refractivity contribution in [2.75, 3.05) is 18.4 Å². The van der Waals surface area contributed by atoms with Crippen LogP contribution in [0, 0.1) is 12.8 Å². The SMILES string of the molecule is Cc1nn(C)cc1NC(=O)N1CCCC(C(=O)O)C1. The molecular formula is C12H18N4O3. The fourth-order valence-corrected chi connectivity index (χ4v) is 2.28. The van der Waals surface area contributed by atoms with Gasteiger partial charge in [0.1, 0.15) is 0 Å². The van der Waals surface area contributed by atoms with Crippen molar-refractivity contribution in [1.29, 1.82) is 0 Å². The first-order valence-electron chi connectivity index (χ1n) is 6.26. The molecule has 1 aliphatic heterocycles. The quantitative estimate of drug-likeness (QED) is 0.837. The number of carbonyl (C=O) groups is 2. The van der Waals surface area contributed by atoms with Crippen LogP contribution in [0.3, 0.4) is 0 Å². The summed E-state index contributed by atoms with van der Waals surface area (Å²) in [4.78, 5) is 24.6. The number of likely N-dealkylation sites (tertiary alicyclic amines) is 1. The second kappa shape index (κ2) is 5.29. The Morgan fingerprint density at radius 3 is 2.84 bits per heavy atom. The molecule has 1 fully saturated rings. The molecule has 2 amide bonds. The topological polar surface area (TPSA) is 87.5 Å². The zero-order valence-electron chi connectivity index (χ0n) is 11.1. The third-order valence-corrected chi connectivity index (χ3v) is 3.31. The average molecular weight is 266 g/mol. The van der Waals surface area contributed by atoms with Crippen LogP contribution in [0.5, 0.6) is 0 Å². The van der Waals surface area contributed by atoms with Crippen LogP contribution in [-0.4, -0.2) is 44.9 Å². The highest BCUT2D eigenvalue weighted by Crippen LogP contribution is 2.18. The van der Waals surface area contributed by atoms with Gasteiger partial charge in [-0.1, -0.05) is 0 Å². The first-order chi connectivity index (χ1) is 8.97. The van der Waals surface area contributed by atoms with E-state index in [2.05, 4.69) is 10.4 Å². The molecule has 0 saturated carbocycles. The maximum Gasteiger partial charge on any atom is 0.321 e. The Bertz CT molecular complexity index is 497. The van der Waals surface area contributed by atoms with Crippen molar-refractivity contribution in [2.24, 2.45) is 13.0 Å². The van der Waals surface area contributed by atoms with Crippen LogP contribution in [0.4, 0.5) is 10.5 Å². The Labute approximate surface area is 111 Å². The van der Waals surface area contributed by atoms with E-state index >= 15 is 0 Å². The molecule has 1 aromatic rings. The van der Waals surface area contributed by atoms with E-state index < -0.39 is 11.9 Å². The smallest absolute Gasteiger partial charge is 0.321 e. The molecule has 7 heteroatoms. The van der Waals surface area contributed by atoms with E-state index in [1.165, 1.54) is 0 Å². The monoisotopic (exact) mass is 266 g/mol. The largest absolute Gasteiger partial charge is 0.481 e. The molecule has 0 radical (unpaired) electrons. The number of nitrogens with zero attached hydrogens (tertiary/aromatic N) is 3. The number of hydrogen-bond donors (Lipinski definition) is 2. The van der Waals surface area contributed by atoms with Gasteiger partial charge in [-0.05, 0) is 19.8 Å². The number of aliphatic carboxylic acids is 1. The number of amides is 2. The van der Waals surface area contributed by atoms with Gasteiger partial charge in [0, 0.05) is 26.3 Å². The van der Waals surface area contributed by atoms with Crippen molar-refractivity contribution in [3.05, 3.63) is 11.9 Å². The van der Waals surface area contributed by atoms with Gasteiger partial charge in [-0.2, -0.15) is 5.10 Å². The van der Waals surface area contributed by atoms with E-state index in [-0.39, 0.29) is 12.6 Å². The molecular weight excluding hydrogens is 248 g/mol. The summed E-state index contributed by atoms with van der Waals surface area (Å²) in [7, 11) is 1.78. The molecule has 7 nitrogen and oxygen atoms in total. The minimum Gasteiger partial charge on any atom is -0.481 e. The second-order valence-corrected chi connectivity index (χ2v) is 4.86. The Kier molecular flexibility index (Phi) is 3.73. The van der Waals surface area contributed by atoms with Gasteiger partial charge >= 0.3 is 12.0 Å². The fraction of sp³-hybridized carbons (Fsp3) is 0.583. The highest BCUT2D eigenvalue weighted by atomic mass is 16.4. The number of urea groups is 1. The molecule has 0 bridgehead atoms. The van der Waals surface area contributed by atoms with E-state index in [1.807, 2.05) is 6.92 Å². The van der Waals surface area contributed by atoms with Gasteiger partial charge in [0.2, 0.25) is 0 Å². The molecule has 1 aliphatic rings. The van der Waals surface area contributed by atoms with Crippen LogP contribution >= 0.6 is 0 Å². The minimum absolute atomic E-state index is 0.262. The number of rotatable bonds is 2. The third kappa shape index (κ3) is 3.04. The van der Waals surface area contributed by atoms with Gasteiger partial charge in [0.15, 0.2) is 0 Å². The number of piperidine rings is 1. The van der Waals surface area contributed by atoms with E-state index in [0.29, 0.717) is 18.7 Å². The molecule has 1 unspecified atom stereocenters. The number of nitrogens with one attached hydrogen (secondary N) is 1. The Hall–Kier alpha value is -2.05. The zero-order chi connectivity index (χ0) is 14.0. The number of aromatic nitrogens is 2. The fourth-order valence-electron chi connectivity index (χ4n) is 2.28. The van der Waals surface area contributed by atoms with Crippen LogP contribution in [0.2, 0.25) is 0 Å². The number of hydrogen-bond acceptors (Lipinski definition) is 3. The van der Waals surface area contributed by atoms with Gasteiger partial charge in [0.05, 0.1) is 17.3 Å². The lowest BCUT2D eigenvalue weighted by Gasteiger charge is -2.30. The standard InChI is InChI=1S/C12H18N4O3/c1-8-10(7-15(2)14-8)13-12(19)16-5-3-4-9(6-16)11(17)18/h7,9H,3-6H2,1-2H3,(H,13,19)(H,17,18). The van der Waals surface area contributed by atoms with Crippen LogP contribution in [0.25, 0.3) is 0 Å². The van der Waals surface area contributed by atoms with E-state index in [1.54, 1.807) is 22.8 Å². The Morgan fingerprint density at radius 1 is 1.53 bits per heavy atom. The lowest BCUT2D eigenvalue weighted by atomic mass is 9.99. The van der Waals surface area contributed by atoms with Crippen molar-refractivity contribution in [2.45, 2.75) is 19.8 Å². The van der Waals surface area contributed by atoms with Crippen molar-refractivity contribution < 1.29 is 14.7 Å². The lowest BCUT2D eigenvalue weighted by molar-refractivity contribution is -0.143.